The molecule has 0 aromatic rings. The van der Waals surface area contributed by atoms with Crippen LogP contribution in [0, 0.1) is 11.3 Å². The summed E-state index contributed by atoms with van der Waals surface area (Å²) >= 11 is 0. The second-order valence-corrected chi connectivity index (χ2v) is 4.16. The van der Waals surface area contributed by atoms with E-state index >= 15 is 0 Å². The maximum absolute atomic E-state index is 4.00. The summed E-state index contributed by atoms with van der Waals surface area (Å²) in [5.41, 5.74) is 2.04. The van der Waals surface area contributed by atoms with Crippen LogP contribution in [0.3, 0.4) is 0 Å². The first-order valence-electron chi connectivity index (χ1n) is 4.79. The predicted molar refractivity (Wildman–Crippen MR) is 50.6 cm³/mol. The third-order valence-corrected chi connectivity index (χ3v) is 3.21. The molecule has 2 unspecified atom stereocenters. The van der Waals surface area contributed by atoms with Crippen LogP contribution in [0.1, 0.15) is 46.5 Å². The van der Waals surface area contributed by atoms with Gasteiger partial charge in [-0.3, -0.25) is 0 Å². The van der Waals surface area contributed by atoms with Gasteiger partial charge in [0.15, 0.2) is 0 Å². The minimum Gasteiger partial charge on any atom is -0.100 e. The zero-order valence-corrected chi connectivity index (χ0v) is 8.11. The van der Waals surface area contributed by atoms with Crippen LogP contribution < -0.4 is 0 Å². The van der Waals surface area contributed by atoms with Crippen LogP contribution in [0.5, 0.6) is 0 Å². The molecule has 2 atom stereocenters. The molecule has 0 heterocycles. The van der Waals surface area contributed by atoms with Crippen molar-refractivity contribution >= 4 is 0 Å². The molecule has 0 aromatic heterocycles. The van der Waals surface area contributed by atoms with Crippen molar-refractivity contribution in [2.45, 2.75) is 46.5 Å². The Morgan fingerprint density at radius 3 is 2.45 bits per heavy atom. The van der Waals surface area contributed by atoms with Gasteiger partial charge >= 0.3 is 0 Å². The molecule has 0 heteroatoms. The Bertz CT molecular complexity index is 157. The highest BCUT2D eigenvalue weighted by atomic mass is 14.5. The van der Waals surface area contributed by atoms with E-state index in [4.69, 9.17) is 0 Å². The van der Waals surface area contributed by atoms with Gasteiger partial charge in [-0.15, -0.1) is 6.58 Å². The fraction of sp³-hybridized carbons (Fsp3) is 0.818. The lowest BCUT2D eigenvalue weighted by Crippen LogP contribution is -2.02. The Kier molecular flexibility index (Phi) is 2.41. The van der Waals surface area contributed by atoms with E-state index in [2.05, 4.69) is 27.4 Å². The molecule has 1 saturated carbocycles. The molecule has 1 aliphatic rings. The zero-order chi connectivity index (χ0) is 8.48. The monoisotopic (exact) mass is 152 g/mol. The fourth-order valence-electron chi connectivity index (χ4n) is 2.38. The lowest BCUT2D eigenvalue weighted by atomic mass is 9.92. The third kappa shape index (κ3) is 1.66. The first-order valence-corrected chi connectivity index (χ1v) is 4.79. The van der Waals surface area contributed by atoms with Crippen molar-refractivity contribution < 1.29 is 0 Å². The smallest absolute Gasteiger partial charge is 0.0232 e. The quantitative estimate of drug-likeness (QED) is 0.538. The maximum atomic E-state index is 4.00. The average Bonchev–Trinajstić information content (AvgIpc) is 2.62. The Balaban J connectivity index is 2.45. The van der Waals surface area contributed by atoms with Gasteiger partial charge in [0.2, 0.25) is 0 Å². The Morgan fingerprint density at radius 1 is 1.55 bits per heavy atom. The van der Waals surface area contributed by atoms with E-state index < -0.39 is 0 Å². The lowest BCUT2D eigenvalue weighted by molar-refractivity contribution is 0.427. The van der Waals surface area contributed by atoms with Gasteiger partial charge in [-0.1, -0.05) is 25.8 Å². The maximum Gasteiger partial charge on any atom is -0.0232 e. The van der Waals surface area contributed by atoms with E-state index in [-0.39, 0.29) is 0 Å². The van der Waals surface area contributed by atoms with E-state index in [1.54, 1.807) is 0 Å². The summed E-state index contributed by atoms with van der Waals surface area (Å²) in [5, 5.41) is 0. The molecule has 0 spiro atoms. The van der Waals surface area contributed by atoms with Gasteiger partial charge in [0.25, 0.3) is 0 Å². The summed E-state index contributed by atoms with van der Waals surface area (Å²) in [6.45, 7) is 10.8. The summed E-state index contributed by atoms with van der Waals surface area (Å²) < 4.78 is 0. The number of hydrogen-bond donors (Lipinski definition) is 0. The van der Waals surface area contributed by atoms with Gasteiger partial charge in [0, 0.05) is 0 Å². The van der Waals surface area contributed by atoms with Crippen molar-refractivity contribution in [2.75, 3.05) is 0 Å². The second kappa shape index (κ2) is 3.00. The Labute approximate surface area is 70.7 Å². The highest BCUT2D eigenvalue weighted by molar-refractivity contribution is 5.08. The molecule has 0 bridgehead atoms. The summed E-state index contributed by atoms with van der Waals surface area (Å²) in [4.78, 5) is 0. The molecule has 1 rings (SSSR count). The van der Waals surface area contributed by atoms with Gasteiger partial charge < -0.3 is 0 Å². The topological polar surface area (TPSA) is 0 Å². The van der Waals surface area contributed by atoms with Crippen LogP contribution in [0.2, 0.25) is 0 Å². The molecule has 0 aliphatic heterocycles. The molecule has 0 nitrogen and oxygen atoms in total. The third-order valence-electron chi connectivity index (χ3n) is 3.21. The normalized spacial score (nSPS) is 35.4. The minimum atomic E-state index is 0.681. The molecule has 1 fully saturated rings. The fourth-order valence-corrected chi connectivity index (χ4v) is 2.38. The van der Waals surface area contributed by atoms with Crippen molar-refractivity contribution in [2.24, 2.45) is 11.3 Å². The van der Waals surface area contributed by atoms with E-state index in [9.17, 15) is 0 Å². The summed E-state index contributed by atoms with van der Waals surface area (Å²) in [7, 11) is 0. The first kappa shape index (κ1) is 8.83. The van der Waals surface area contributed by atoms with Crippen LogP contribution >= 0.6 is 0 Å². The molecule has 0 aromatic carbocycles. The van der Waals surface area contributed by atoms with E-state index in [0.29, 0.717) is 5.41 Å². The lowest BCUT2D eigenvalue weighted by Gasteiger charge is -2.13. The standard InChI is InChI=1S/C11H20/c1-5-10-8-11(10,6-2)7-9(3)4/h10H,3,5-8H2,1-2,4H3. The van der Waals surface area contributed by atoms with Gasteiger partial charge in [0.1, 0.15) is 0 Å². The summed E-state index contributed by atoms with van der Waals surface area (Å²) in [6, 6.07) is 0. The molecular weight excluding hydrogens is 132 g/mol. The van der Waals surface area contributed by atoms with Crippen molar-refractivity contribution in [1.29, 1.82) is 0 Å². The Hall–Kier alpha value is -0.260. The molecule has 0 N–H and O–H groups in total. The number of rotatable bonds is 4. The summed E-state index contributed by atoms with van der Waals surface area (Å²) in [5.74, 6) is 1.00. The van der Waals surface area contributed by atoms with Crippen molar-refractivity contribution in [3.8, 4) is 0 Å². The second-order valence-electron chi connectivity index (χ2n) is 4.16. The molecule has 1 aliphatic carbocycles. The largest absolute Gasteiger partial charge is 0.100 e. The zero-order valence-electron chi connectivity index (χ0n) is 8.11. The molecule has 64 valence electrons. The highest BCUT2D eigenvalue weighted by Gasteiger charge is 2.50. The molecule has 0 radical (unpaired) electrons. The van der Waals surface area contributed by atoms with Gasteiger partial charge in [0.05, 0.1) is 0 Å². The van der Waals surface area contributed by atoms with E-state index in [1.165, 1.54) is 31.3 Å². The van der Waals surface area contributed by atoms with Gasteiger partial charge in [-0.25, -0.2) is 0 Å². The van der Waals surface area contributed by atoms with Crippen LogP contribution in [0.15, 0.2) is 12.2 Å². The minimum absolute atomic E-state index is 0.681. The van der Waals surface area contributed by atoms with Crippen LogP contribution in [0.4, 0.5) is 0 Å². The van der Waals surface area contributed by atoms with Gasteiger partial charge in [-0.05, 0) is 37.5 Å². The van der Waals surface area contributed by atoms with Crippen LogP contribution in [0.25, 0.3) is 0 Å². The first-order chi connectivity index (χ1) is 5.14. The predicted octanol–water partition coefficient (Wildman–Crippen LogP) is 3.78. The summed E-state index contributed by atoms with van der Waals surface area (Å²) in [6.07, 6.45) is 5.42. The van der Waals surface area contributed by atoms with Crippen molar-refractivity contribution in [3.05, 3.63) is 12.2 Å². The SMILES string of the molecule is C=C(C)CC1(CC)CC1CC. The molecular formula is C11H20. The molecule has 0 saturated heterocycles. The Morgan fingerprint density at radius 2 is 2.18 bits per heavy atom. The van der Waals surface area contributed by atoms with E-state index in [1.807, 2.05) is 0 Å². The van der Waals surface area contributed by atoms with E-state index in [0.717, 1.165) is 5.92 Å². The number of hydrogen-bond acceptors (Lipinski definition) is 0. The highest BCUT2D eigenvalue weighted by Crippen LogP contribution is 2.60. The molecule has 0 amide bonds. The van der Waals surface area contributed by atoms with Crippen LogP contribution in [-0.4, -0.2) is 0 Å². The van der Waals surface area contributed by atoms with Crippen molar-refractivity contribution in [1.82, 2.24) is 0 Å². The number of allylic oxidation sites excluding steroid dienone is 1. The molecule has 11 heavy (non-hydrogen) atoms. The van der Waals surface area contributed by atoms with Gasteiger partial charge in [-0.2, -0.15) is 0 Å². The average molecular weight is 152 g/mol. The van der Waals surface area contributed by atoms with Crippen LogP contribution in [-0.2, 0) is 0 Å². The van der Waals surface area contributed by atoms with Crippen molar-refractivity contribution in [3.63, 3.8) is 0 Å².